The third-order valence-corrected chi connectivity index (χ3v) is 3.56. The van der Waals surface area contributed by atoms with E-state index in [1.54, 1.807) is 0 Å². The molecule has 1 rings (SSSR count). The maximum Gasteiger partial charge on any atom is 0.191 e. The van der Waals surface area contributed by atoms with Gasteiger partial charge in [0, 0.05) is 45.9 Å². The summed E-state index contributed by atoms with van der Waals surface area (Å²) in [6.45, 7) is 14.8. The van der Waals surface area contributed by atoms with E-state index in [2.05, 4.69) is 34.4 Å². The molecule has 0 bridgehead atoms. The molecule has 7 heteroatoms. The van der Waals surface area contributed by atoms with Crippen LogP contribution in [0.5, 0.6) is 0 Å². The van der Waals surface area contributed by atoms with Crippen molar-refractivity contribution < 1.29 is 9.84 Å². The molecule has 2 unspecified atom stereocenters. The normalized spacial score (nSPS) is 21.0. The van der Waals surface area contributed by atoms with Crippen LogP contribution in [0, 0.1) is 11.8 Å². The number of aliphatic hydroxyl groups is 1. The molecule has 1 saturated heterocycles. The summed E-state index contributed by atoms with van der Waals surface area (Å²) in [4.78, 5) is 6.97. The fourth-order valence-corrected chi connectivity index (χ4v) is 2.44. The lowest BCUT2D eigenvalue weighted by atomic mass is 10.2. The minimum atomic E-state index is 0. The zero-order chi connectivity index (χ0) is 16.4. The number of nitrogens with zero attached hydrogens (tertiary/aromatic N) is 2. The summed E-state index contributed by atoms with van der Waals surface area (Å²) >= 11 is 0. The monoisotopic (exact) mass is 442 g/mol. The van der Waals surface area contributed by atoms with Crippen LogP contribution in [0.3, 0.4) is 0 Å². The Morgan fingerprint density at radius 2 is 2.09 bits per heavy atom. The second-order valence-corrected chi connectivity index (χ2v) is 6.53. The number of hydrogen-bond donors (Lipinski definition) is 3. The molecule has 0 amide bonds. The van der Waals surface area contributed by atoms with Crippen molar-refractivity contribution in [2.75, 3.05) is 52.5 Å². The molecule has 23 heavy (non-hydrogen) atoms. The van der Waals surface area contributed by atoms with Crippen LogP contribution < -0.4 is 10.6 Å². The molecule has 0 aliphatic carbocycles. The van der Waals surface area contributed by atoms with Gasteiger partial charge in [0.25, 0.3) is 0 Å². The molecule has 2 atom stereocenters. The quantitative estimate of drug-likeness (QED) is 0.299. The van der Waals surface area contributed by atoms with Crippen LogP contribution in [0.2, 0.25) is 0 Å². The van der Waals surface area contributed by atoms with E-state index < -0.39 is 0 Å². The number of halogens is 1. The molecule has 1 aliphatic rings. The molecule has 0 aromatic heterocycles. The molecule has 1 heterocycles. The van der Waals surface area contributed by atoms with Crippen molar-refractivity contribution >= 4 is 29.9 Å². The number of morpholine rings is 1. The van der Waals surface area contributed by atoms with Crippen LogP contribution >= 0.6 is 24.0 Å². The van der Waals surface area contributed by atoms with Gasteiger partial charge in [-0.2, -0.15) is 0 Å². The molecule has 138 valence electrons. The highest BCUT2D eigenvalue weighted by molar-refractivity contribution is 14.0. The van der Waals surface area contributed by atoms with Crippen molar-refractivity contribution in [3.8, 4) is 0 Å². The molecular weight excluding hydrogens is 407 g/mol. The summed E-state index contributed by atoms with van der Waals surface area (Å²) in [5.74, 6) is 1.67. The average Bonchev–Trinajstić information content (AvgIpc) is 2.49. The van der Waals surface area contributed by atoms with Gasteiger partial charge < -0.3 is 20.5 Å². The lowest BCUT2D eigenvalue weighted by Gasteiger charge is -2.34. The number of aliphatic hydroxyl groups excluding tert-OH is 1. The third-order valence-electron chi connectivity index (χ3n) is 3.56. The summed E-state index contributed by atoms with van der Waals surface area (Å²) in [5.41, 5.74) is 0. The number of nitrogens with one attached hydrogen (secondary N) is 2. The van der Waals surface area contributed by atoms with E-state index in [0.29, 0.717) is 12.5 Å². The molecule has 0 aromatic carbocycles. The van der Waals surface area contributed by atoms with E-state index in [1.807, 2.05) is 13.8 Å². The van der Waals surface area contributed by atoms with E-state index in [0.717, 1.165) is 45.3 Å². The number of rotatable bonds is 8. The molecular formula is C16H35IN4O2. The Labute approximate surface area is 158 Å². The first kappa shape index (κ1) is 22.9. The highest BCUT2D eigenvalue weighted by atomic mass is 127. The molecule has 0 spiro atoms. The number of guanidine groups is 1. The summed E-state index contributed by atoms with van der Waals surface area (Å²) < 4.78 is 5.84. The van der Waals surface area contributed by atoms with Gasteiger partial charge in [-0.05, 0) is 18.8 Å². The van der Waals surface area contributed by atoms with E-state index >= 15 is 0 Å². The Bertz CT molecular complexity index is 329. The summed E-state index contributed by atoms with van der Waals surface area (Å²) in [5, 5.41) is 15.7. The topological polar surface area (TPSA) is 69.1 Å². The van der Waals surface area contributed by atoms with E-state index in [9.17, 15) is 0 Å². The molecule has 1 aliphatic heterocycles. The van der Waals surface area contributed by atoms with E-state index in [1.165, 1.54) is 0 Å². The van der Waals surface area contributed by atoms with E-state index in [-0.39, 0.29) is 42.6 Å². The lowest BCUT2D eigenvalue weighted by molar-refractivity contribution is -0.0284. The first-order valence-corrected chi connectivity index (χ1v) is 8.52. The van der Waals surface area contributed by atoms with Gasteiger partial charge in [0.2, 0.25) is 0 Å². The van der Waals surface area contributed by atoms with Crippen molar-refractivity contribution in [2.24, 2.45) is 16.8 Å². The zero-order valence-electron chi connectivity index (χ0n) is 15.0. The predicted molar refractivity (Wildman–Crippen MR) is 107 cm³/mol. The van der Waals surface area contributed by atoms with Gasteiger partial charge in [-0.1, -0.05) is 20.8 Å². The van der Waals surface area contributed by atoms with Crippen molar-refractivity contribution in [3.63, 3.8) is 0 Å². The van der Waals surface area contributed by atoms with Gasteiger partial charge >= 0.3 is 0 Å². The van der Waals surface area contributed by atoms with Crippen LogP contribution in [0.4, 0.5) is 0 Å². The van der Waals surface area contributed by atoms with Crippen LogP contribution in [0.15, 0.2) is 4.99 Å². The van der Waals surface area contributed by atoms with Gasteiger partial charge in [-0.15, -0.1) is 24.0 Å². The smallest absolute Gasteiger partial charge is 0.191 e. The van der Waals surface area contributed by atoms with Crippen molar-refractivity contribution in [2.45, 2.75) is 33.8 Å². The third kappa shape index (κ3) is 10.4. The number of ether oxygens (including phenoxy) is 1. The van der Waals surface area contributed by atoms with E-state index in [4.69, 9.17) is 9.84 Å². The molecule has 3 N–H and O–H groups in total. The Hall–Kier alpha value is -0.120. The predicted octanol–water partition coefficient (Wildman–Crippen LogP) is 1.14. The highest BCUT2D eigenvalue weighted by Crippen LogP contribution is 2.07. The maximum absolute atomic E-state index is 9.08. The van der Waals surface area contributed by atoms with Gasteiger partial charge in [0.1, 0.15) is 0 Å². The standard InChI is InChI=1S/C16H34N4O2.HI/c1-5-17-16(18-8-14(4)12-21)19-9-15-11-20(6-7-22-15)10-13(2)3;/h13-15,21H,5-12H2,1-4H3,(H2,17,18,19);1H. The maximum atomic E-state index is 9.08. The van der Waals surface area contributed by atoms with Gasteiger partial charge in [-0.3, -0.25) is 9.89 Å². The molecule has 1 fully saturated rings. The lowest BCUT2D eigenvalue weighted by Crippen LogP contribution is -2.50. The molecule has 0 saturated carbocycles. The minimum absolute atomic E-state index is 0. The zero-order valence-corrected chi connectivity index (χ0v) is 17.4. The summed E-state index contributed by atoms with van der Waals surface area (Å²) in [6, 6.07) is 0. The SMILES string of the molecule is CCNC(=NCC(C)CO)NCC1CN(CC(C)C)CCO1.I. The second-order valence-electron chi connectivity index (χ2n) is 6.53. The minimum Gasteiger partial charge on any atom is -0.396 e. The van der Waals surface area contributed by atoms with Crippen molar-refractivity contribution in [1.82, 2.24) is 15.5 Å². The van der Waals surface area contributed by atoms with Crippen LogP contribution in [0.25, 0.3) is 0 Å². The first-order chi connectivity index (χ1) is 10.5. The fraction of sp³-hybridized carbons (Fsp3) is 0.938. The Kier molecular flexibility index (Phi) is 13.1. The van der Waals surface area contributed by atoms with Crippen molar-refractivity contribution in [1.29, 1.82) is 0 Å². The largest absolute Gasteiger partial charge is 0.396 e. The van der Waals surface area contributed by atoms with Gasteiger partial charge in [0.15, 0.2) is 5.96 Å². The Morgan fingerprint density at radius 3 is 2.70 bits per heavy atom. The molecule has 0 radical (unpaired) electrons. The number of hydrogen-bond acceptors (Lipinski definition) is 4. The highest BCUT2D eigenvalue weighted by Gasteiger charge is 2.21. The molecule has 6 nitrogen and oxygen atoms in total. The summed E-state index contributed by atoms with van der Waals surface area (Å²) in [6.07, 6.45) is 0.201. The second kappa shape index (κ2) is 13.2. The Morgan fingerprint density at radius 1 is 1.35 bits per heavy atom. The first-order valence-electron chi connectivity index (χ1n) is 8.52. The van der Waals surface area contributed by atoms with Crippen LogP contribution in [-0.4, -0.2) is 74.6 Å². The van der Waals surface area contributed by atoms with Gasteiger partial charge in [0.05, 0.1) is 12.7 Å². The fourth-order valence-electron chi connectivity index (χ4n) is 2.44. The van der Waals surface area contributed by atoms with Crippen LogP contribution in [0.1, 0.15) is 27.7 Å². The number of aliphatic imine (C=N–C) groups is 1. The summed E-state index contributed by atoms with van der Waals surface area (Å²) in [7, 11) is 0. The van der Waals surface area contributed by atoms with Crippen LogP contribution in [-0.2, 0) is 4.74 Å². The average molecular weight is 442 g/mol. The van der Waals surface area contributed by atoms with Gasteiger partial charge in [-0.25, -0.2) is 0 Å². The van der Waals surface area contributed by atoms with Crippen molar-refractivity contribution in [3.05, 3.63) is 0 Å². The molecule has 0 aromatic rings. The Balaban J connectivity index is 0.00000484.